The lowest BCUT2D eigenvalue weighted by Crippen LogP contribution is -2.34. The molecule has 0 aliphatic heterocycles. The number of nitrogens with two attached hydrogens (primary N) is 1. The van der Waals surface area contributed by atoms with Gasteiger partial charge < -0.3 is 10.3 Å². The van der Waals surface area contributed by atoms with Crippen LogP contribution in [0, 0.1) is 12.8 Å². The first-order valence-corrected chi connectivity index (χ1v) is 8.39. The lowest BCUT2D eigenvalue weighted by atomic mass is 9.99. The fourth-order valence-corrected chi connectivity index (χ4v) is 3.78. The number of hydrogen-bond donors (Lipinski definition) is 1. The Kier molecular flexibility index (Phi) is 3.84. The molecule has 1 saturated carbocycles. The number of aryl methyl sites for hydroxylation is 1. The zero-order valence-electron chi connectivity index (χ0n) is 12.8. The Morgan fingerprint density at radius 2 is 2.00 bits per heavy atom. The van der Waals surface area contributed by atoms with Gasteiger partial charge in [0.2, 0.25) is 0 Å². The van der Waals surface area contributed by atoms with E-state index < -0.39 is 5.54 Å². The molecule has 0 radical (unpaired) electrons. The largest absolute Gasteiger partial charge is 0.333 e. The van der Waals surface area contributed by atoms with E-state index in [0.717, 1.165) is 47.7 Å². The SMILES string of the molecule is Cc1nc(CC(C)C)c(-c2nc(C3(N)CCCC3)no2)s1. The van der Waals surface area contributed by atoms with Crippen molar-refractivity contribution in [3.05, 3.63) is 16.5 Å². The Bertz CT molecular complexity index is 625. The standard InChI is InChI=1S/C15H22N4OS/c1-9(2)8-11-12(21-10(3)17-11)13-18-14(19-20-13)15(16)6-4-5-7-15/h9H,4-8,16H2,1-3H3. The maximum Gasteiger partial charge on any atom is 0.270 e. The summed E-state index contributed by atoms with van der Waals surface area (Å²) in [7, 11) is 0. The maximum atomic E-state index is 6.40. The molecule has 0 spiro atoms. The average molecular weight is 306 g/mol. The monoisotopic (exact) mass is 306 g/mol. The summed E-state index contributed by atoms with van der Waals surface area (Å²) in [6.45, 7) is 6.38. The molecule has 5 nitrogen and oxygen atoms in total. The molecule has 1 aliphatic rings. The van der Waals surface area contributed by atoms with E-state index >= 15 is 0 Å². The van der Waals surface area contributed by atoms with Crippen molar-refractivity contribution in [1.82, 2.24) is 15.1 Å². The molecule has 2 aromatic heterocycles. The second-order valence-corrected chi connectivity index (χ2v) is 7.60. The molecule has 0 atom stereocenters. The van der Waals surface area contributed by atoms with Gasteiger partial charge in [-0.15, -0.1) is 11.3 Å². The highest BCUT2D eigenvalue weighted by Crippen LogP contribution is 2.37. The lowest BCUT2D eigenvalue weighted by Gasteiger charge is -2.17. The molecule has 1 fully saturated rings. The summed E-state index contributed by atoms with van der Waals surface area (Å²) in [5.41, 5.74) is 7.05. The minimum atomic E-state index is -0.403. The van der Waals surface area contributed by atoms with Crippen LogP contribution in [0.3, 0.4) is 0 Å². The number of nitrogens with zero attached hydrogens (tertiary/aromatic N) is 3. The molecule has 2 N–H and O–H groups in total. The van der Waals surface area contributed by atoms with Crippen LogP contribution in [0.5, 0.6) is 0 Å². The van der Waals surface area contributed by atoms with Crippen LogP contribution in [0.4, 0.5) is 0 Å². The molecule has 0 aromatic carbocycles. The van der Waals surface area contributed by atoms with E-state index in [4.69, 9.17) is 10.3 Å². The summed E-state index contributed by atoms with van der Waals surface area (Å²) in [6.07, 6.45) is 5.07. The van der Waals surface area contributed by atoms with Gasteiger partial charge in [0.25, 0.3) is 5.89 Å². The molecule has 21 heavy (non-hydrogen) atoms. The van der Waals surface area contributed by atoms with E-state index in [1.807, 2.05) is 6.92 Å². The summed E-state index contributed by atoms with van der Waals surface area (Å²) in [5, 5.41) is 5.17. The van der Waals surface area contributed by atoms with Gasteiger partial charge in [-0.3, -0.25) is 0 Å². The summed E-state index contributed by atoms with van der Waals surface area (Å²) in [6, 6.07) is 0. The third-order valence-corrected chi connectivity index (χ3v) is 4.97. The van der Waals surface area contributed by atoms with Crippen LogP contribution >= 0.6 is 11.3 Å². The Hall–Kier alpha value is -1.27. The molecule has 0 bridgehead atoms. The molecule has 1 aliphatic carbocycles. The first-order valence-electron chi connectivity index (χ1n) is 7.58. The van der Waals surface area contributed by atoms with E-state index in [-0.39, 0.29) is 0 Å². The maximum absolute atomic E-state index is 6.40. The normalized spacial score (nSPS) is 17.8. The summed E-state index contributed by atoms with van der Waals surface area (Å²) in [5.74, 6) is 1.77. The molecule has 6 heteroatoms. The molecular formula is C15H22N4OS. The van der Waals surface area contributed by atoms with Crippen molar-refractivity contribution in [1.29, 1.82) is 0 Å². The Morgan fingerprint density at radius 3 is 2.67 bits per heavy atom. The Labute approximate surface area is 129 Å². The van der Waals surface area contributed by atoms with E-state index in [9.17, 15) is 0 Å². The van der Waals surface area contributed by atoms with Crippen molar-refractivity contribution in [2.75, 3.05) is 0 Å². The van der Waals surface area contributed by atoms with Gasteiger partial charge in [0.05, 0.1) is 16.2 Å². The van der Waals surface area contributed by atoms with Gasteiger partial charge in [-0.25, -0.2) is 4.98 Å². The smallest absolute Gasteiger partial charge is 0.270 e. The van der Waals surface area contributed by atoms with Crippen molar-refractivity contribution in [2.45, 2.75) is 58.4 Å². The Balaban J connectivity index is 1.93. The van der Waals surface area contributed by atoms with E-state index in [1.165, 1.54) is 0 Å². The second-order valence-electron chi connectivity index (χ2n) is 6.39. The van der Waals surface area contributed by atoms with Gasteiger partial charge in [-0.2, -0.15) is 4.98 Å². The predicted octanol–water partition coefficient (Wildman–Crippen LogP) is 3.43. The van der Waals surface area contributed by atoms with E-state index in [0.29, 0.717) is 17.6 Å². The molecule has 3 rings (SSSR count). The molecular weight excluding hydrogens is 284 g/mol. The molecule has 2 aromatic rings. The van der Waals surface area contributed by atoms with Crippen LogP contribution in [-0.4, -0.2) is 15.1 Å². The van der Waals surface area contributed by atoms with Crippen LogP contribution in [-0.2, 0) is 12.0 Å². The van der Waals surface area contributed by atoms with Gasteiger partial charge >= 0.3 is 0 Å². The molecule has 0 unspecified atom stereocenters. The number of thiazole rings is 1. The van der Waals surface area contributed by atoms with Crippen LogP contribution in [0.15, 0.2) is 4.52 Å². The minimum absolute atomic E-state index is 0.403. The van der Waals surface area contributed by atoms with Gasteiger partial charge in [-0.05, 0) is 32.1 Å². The van der Waals surface area contributed by atoms with Crippen LogP contribution in [0.2, 0.25) is 0 Å². The summed E-state index contributed by atoms with van der Waals surface area (Å²) >= 11 is 1.62. The molecule has 0 amide bonds. The number of rotatable bonds is 4. The highest BCUT2D eigenvalue weighted by atomic mass is 32.1. The topological polar surface area (TPSA) is 77.8 Å². The third kappa shape index (κ3) is 2.87. The van der Waals surface area contributed by atoms with Crippen LogP contribution < -0.4 is 5.73 Å². The van der Waals surface area contributed by atoms with Crippen LogP contribution in [0.1, 0.15) is 56.1 Å². The second kappa shape index (κ2) is 5.50. The fraction of sp³-hybridized carbons (Fsp3) is 0.667. The quantitative estimate of drug-likeness (QED) is 0.936. The summed E-state index contributed by atoms with van der Waals surface area (Å²) < 4.78 is 5.49. The highest BCUT2D eigenvalue weighted by molar-refractivity contribution is 7.15. The van der Waals surface area contributed by atoms with Gasteiger partial charge in [0.1, 0.15) is 4.88 Å². The zero-order chi connectivity index (χ0) is 15.0. The molecule has 114 valence electrons. The lowest BCUT2D eigenvalue weighted by molar-refractivity contribution is 0.373. The van der Waals surface area contributed by atoms with Crippen molar-refractivity contribution in [3.63, 3.8) is 0 Å². The molecule has 0 saturated heterocycles. The average Bonchev–Trinajstić information content (AvgIpc) is 3.09. The van der Waals surface area contributed by atoms with Crippen molar-refractivity contribution in [2.24, 2.45) is 11.7 Å². The van der Waals surface area contributed by atoms with Gasteiger partial charge in [0, 0.05) is 0 Å². The summed E-state index contributed by atoms with van der Waals surface area (Å²) in [4.78, 5) is 10.2. The number of hydrogen-bond acceptors (Lipinski definition) is 6. The zero-order valence-corrected chi connectivity index (χ0v) is 13.7. The fourth-order valence-electron chi connectivity index (χ4n) is 2.91. The van der Waals surface area contributed by atoms with Crippen molar-refractivity contribution >= 4 is 11.3 Å². The first-order chi connectivity index (χ1) is 9.98. The molecule has 2 heterocycles. The van der Waals surface area contributed by atoms with Crippen molar-refractivity contribution < 1.29 is 4.52 Å². The van der Waals surface area contributed by atoms with E-state index in [1.54, 1.807) is 11.3 Å². The van der Waals surface area contributed by atoms with Gasteiger partial charge in [-0.1, -0.05) is 31.8 Å². The van der Waals surface area contributed by atoms with E-state index in [2.05, 4.69) is 29.0 Å². The predicted molar refractivity (Wildman–Crippen MR) is 83.0 cm³/mol. The van der Waals surface area contributed by atoms with Crippen LogP contribution in [0.25, 0.3) is 10.8 Å². The highest BCUT2D eigenvalue weighted by Gasteiger charge is 2.36. The van der Waals surface area contributed by atoms with Crippen molar-refractivity contribution in [3.8, 4) is 10.8 Å². The minimum Gasteiger partial charge on any atom is -0.333 e. The first kappa shape index (κ1) is 14.7. The third-order valence-electron chi connectivity index (χ3n) is 3.97. The number of aromatic nitrogens is 3. The van der Waals surface area contributed by atoms with Gasteiger partial charge in [0.15, 0.2) is 5.82 Å². The Morgan fingerprint density at radius 1 is 1.29 bits per heavy atom.